The number of rotatable bonds is 2. The molecule has 1 heterocycles. The van der Waals surface area contributed by atoms with Gasteiger partial charge in [0.15, 0.2) is 11.5 Å². The number of fused-ring (bicyclic) bond motifs is 1. The van der Waals surface area contributed by atoms with Crippen LogP contribution in [0, 0.1) is 0 Å². The van der Waals surface area contributed by atoms with Crippen LogP contribution in [-0.4, -0.2) is 33.8 Å². The van der Waals surface area contributed by atoms with Gasteiger partial charge >= 0.3 is 0 Å². The Hall–Kier alpha value is -2.20. The molecule has 3 N–H and O–H groups in total. The Morgan fingerprint density at radius 2 is 1.71 bits per heavy atom. The summed E-state index contributed by atoms with van der Waals surface area (Å²) >= 11 is 0. The van der Waals surface area contributed by atoms with E-state index in [2.05, 4.69) is 11.9 Å². The molecule has 3 rings (SSSR count). The van der Waals surface area contributed by atoms with Crippen LogP contribution in [0.4, 0.5) is 0 Å². The number of likely N-dealkylation sites (N-methyl/N-ethyl adjacent to an activating group) is 1. The van der Waals surface area contributed by atoms with Gasteiger partial charge in [-0.1, -0.05) is 12.1 Å². The maximum Gasteiger partial charge on any atom is 0.157 e. The van der Waals surface area contributed by atoms with Gasteiger partial charge in [0.05, 0.1) is 0 Å². The first-order valence-corrected chi connectivity index (χ1v) is 7.07. The highest BCUT2D eigenvalue weighted by molar-refractivity contribution is 5.48. The van der Waals surface area contributed by atoms with E-state index in [1.54, 1.807) is 24.3 Å². The van der Waals surface area contributed by atoms with Crippen molar-refractivity contribution in [3.05, 3.63) is 53.1 Å². The summed E-state index contributed by atoms with van der Waals surface area (Å²) in [5.41, 5.74) is 3.28. The maximum atomic E-state index is 9.78. The molecule has 0 saturated carbocycles. The fourth-order valence-corrected chi connectivity index (χ4v) is 2.97. The van der Waals surface area contributed by atoms with Crippen molar-refractivity contribution in [1.29, 1.82) is 0 Å². The smallest absolute Gasteiger partial charge is 0.157 e. The Balaban J connectivity index is 1.95. The number of phenolic OH excluding ortho intramolecular Hbond substituents is 3. The molecule has 21 heavy (non-hydrogen) atoms. The zero-order chi connectivity index (χ0) is 15.0. The molecule has 0 spiro atoms. The first-order valence-electron chi connectivity index (χ1n) is 7.07. The van der Waals surface area contributed by atoms with Crippen molar-refractivity contribution < 1.29 is 15.3 Å². The van der Waals surface area contributed by atoms with Gasteiger partial charge in [0.1, 0.15) is 5.75 Å². The van der Waals surface area contributed by atoms with Crippen molar-refractivity contribution >= 4 is 0 Å². The van der Waals surface area contributed by atoms with Crippen LogP contribution in [0.2, 0.25) is 0 Å². The molecule has 4 heteroatoms. The summed E-state index contributed by atoms with van der Waals surface area (Å²) in [6.45, 7) is 0.917. The molecule has 0 bridgehead atoms. The van der Waals surface area contributed by atoms with E-state index in [9.17, 15) is 15.3 Å². The topological polar surface area (TPSA) is 63.9 Å². The van der Waals surface area contributed by atoms with Crippen LogP contribution in [0.5, 0.6) is 17.2 Å². The van der Waals surface area contributed by atoms with E-state index in [0.717, 1.165) is 36.1 Å². The lowest BCUT2D eigenvalue weighted by atomic mass is 9.88. The molecular weight excluding hydrogens is 266 g/mol. The summed E-state index contributed by atoms with van der Waals surface area (Å²) in [6, 6.07) is 10.7. The van der Waals surface area contributed by atoms with E-state index in [1.807, 2.05) is 12.1 Å². The summed E-state index contributed by atoms with van der Waals surface area (Å²) in [6.07, 6.45) is 1.67. The van der Waals surface area contributed by atoms with Crippen molar-refractivity contribution in [2.75, 3.05) is 13.6 Å². The highest BCUT2D eigenvalue weighted by atomic mass is 16.3. The SMILES string of the molecule is CN1CCc2cc(O)c(O)cc2[C@H]1Cc1ccc(O)cc1. The molecule has 0 saturated heterocycles. The van der Waals surface area contributed by atoms with E-state index >= 15 is 0 Å². The predicted molar refractivity (Wildman–Crippen MR) is 80.7 cm³/mol. The van der Waals surface area contributed by atoms with Crippen molar-refractivity contribution in [2.24, 2.45) is 0 Å². The maximum absolute atomic E-state index is 9.78. The quantitative estimate of drug-likeness (QED) is 0.742. The number of aromatic hydroxyl groups is 3. The van der Waals surface area contributed by atoms with Gasteiger partial charge in [-0.3, -0.25) is 4.90 Å². The number of hydrogen-bond acceptors (Lipinski definition) is 4. The van der Waals surface area contributed by atoms with Crippen molar-refractivity contribution in [2.45, 2.75) is 18.9 Å². The number of hydrogen-bond donors (Lipinski definition) is 3. The summed E-state index contributed by atoms with van der Waals surface area (Å²) in [5.74, 6) is 0.139. The normalized spacial score (nSPS) is 18.4. The molecular formula is C17H19NO3. The van der Waals surface area contributed by atoms with E-state index < -0.39 is 0 Å². The summed E-state index contributed by atoms with van der Waals surface area (Å²) in [4.78, 5) is 2.26. The molecule has 4 nitrogen and oxygen atoms in total. The lowest BCUT2D eigenvalue weighted by Gasteiger charge is -2.35. The largest absolute Gasteiger partial charge is 0.508 e. The minimum absolute atomic E-state index is 0.0540. The van der Waals surface area contributed by atoms with Crippen molar-refractivity contribution in [3.63, 3.8) is 0 Å². The molecule has 2 aromatic rings. The molecule has 0 aromatic heterocycles. The highest BCUT2D eigenvalue weighted by Gasteiger charge is 2.26. The van der Waals surface area contributed by atoms with Crippen LogP contribution in [0.15, 0.2) is 36.4 Å². The standard InChI is InChI=1S/C17H19NO3/c1-18-7-6-12-9-16(20)17(21)10-14(12)15(18)8-11-2-4-13(19)5-3-11/h2-5,9-10,15,19-21H,6-8H2,1H3/t15-/m1/s1. The Labute approximate surface area is 123 Å². The van der Waals surface area contributed by atoms with Gasteiger partial charge in [0, 0.05) is 12.6 Å². The fourth-order valence-electron chi connectivity index (χ4n) is 2.97. The summed E-state index contributed by atoms with van der Waals surface area (Å²) < 4.78 is 0. The van der Waals surface area contributed by atoms with Gasteiger partial charge in [-0.2, -0.15) is 0 Å². The molecule has 0 aliphatic carbocycles. The van der Waals surface area contributed by atoms with E-state index in [4.69, 9.17) is 0 Å². The summed E-state index contributed by atoms with van der Waals surface area (Å²) in [5, 5.41) is 28.8. The number of phenols is 3. The second kappa shape index (κ2) is 5.30. The van der Waals surface area contributed by atoms with Gasteiger partial charge in [-0.05, 0) is 60.8 Å². The third kappa shape index (κ3) is 2.67. The number of nitrogens with zero attached hydrogens (tertiary/aromatic N) is 1. The summed E-state index contributed by atoms with van der Waals surface area (Å²) in [7, 11) is 2.07. The predicted octanol–water partition coefficient (Wildman–Crippen LogP) is 2.58. The Bertz CT molecular complexity index is 652. The molecule has 1 atom stereocenters. The average Bonchev–Trinajstić information content (AvgIpc) is 2.46. The van der Waals surface area contributed by atoms with Crippen LogP contribution in [0.3, 0.4) is 0 Å². The molecule has 0 radical (unpaired) electrons. The Morgan fingerprint density at radius 1 is 1.05 bits per heavy atom. The molecule has 110 valence electrons. The zero-order valence-electron chi connectivity index (χ0n) is 12.0. The third-order valence-electron chi connectivity index (χ3n) is 4.23. The average molecular weight is 285 g/mol. The second-order valence-electron chi connectivity index (χ2n) is 5.66. The molecule has 1 aliphatic rings. The molecule has 0 unspecified atom stereocenters. The van der Waals surface area contributed by atoms with E-state index in [1.165, 1.54) is 0 Å². The highest BCUT2D eigenvalue weighted by Crippen LogP contribution is 2.37. The van der Waals surface area contributed by atoms with E-state index in [0.29, 0.717) is 0 Å². The van der Waals surface area contributed by atoms with Gasteiger partial charge in [0.25, 0.3) is 0 Å². The van der Waals surface area contributed by atoms with Crippen LogP contribution < -0.4 is 0 Å². The Kier molecular flexibility index (Phi) is 3.47. The second-order valence-corrected chi connectivity index (χ2v) is 5.66. The lowest BCUT2D eigenvalue weighted by molar-refractivity contribution is 0.228. The fraction of sp³-hybridized carbons (Fsp3) is 0.294. The molecule has 0 fully saturated rings. The van der Waals surface area contributed by atoms with Crippen molar-refractivity contribution in [3.8, 4) is 17.2 Å². The Morgan fingerprint density at radius 3 is 2.43 bits per heavy atom. The monoisotopic (exact) mass is 285 g/mol. The zero-order valence-corrected chi connectivity index (χ0v) is 12.0. The van der Waals surface area contributed by atoms with Gasteiger partial charge in [-0.15, -0.1) is 0 Å². The van der Waals surface area contributed by atoms with Gasteiger partial charge in [0.2, 0.25) is 0 Å². The van der Waals surface area contributed by atoms with E-state index in [-0.39, 0.29) is 23.3 Å². The third-order valence-corrected chi connectivity index (χ3v) is 4.23. The molecule has 1 aliphatic heterocycles. The first-order chi connectivity index (χ1) is 10.0. The first kappa shape index (κ1) is 13.8. The van der Waals surface area contributed by atoms with Crippen LogP contribution in [-0.2, 0) is 12.8 Å². The van der Waals surface area contributed by atoms with Gasteiger partial charge < -0.3 is 15.3 Å². The lowest BCUT2D eigenvalue weighted by Crippen LogP contribution is -2.33. The molecule has 0 amide bonds. The van der Waals surface area contributed by atoms with Gasteiger partial charge in [-0.25, -0.2) is 0 Å². The minimum Gasteiger partial charge on any atom is -0.508 e. The number of benzene rings is 2. The van der Waals surface area contributed by atoms with Crippen LogP contribution in [0.25, 0.3) is 0 Å². The van der Waals surface area contributed by atoms with Crippen LogP contribution >= 0.6 is 0 Å². The molecule has 2 aromatic carbocycles. The van der Waals surface area contributed by atoms with Crippen LogP contribution in [0.1, 0.15) is 22.7 Å². The van der Waals surface area contributed by atoms with Crippen molar-refractivity contribution in [1.82, 2.24) is 4.90 Å². The minimum atomic E-state index is -0.0697.